The van der Waals surface area contributed by atoms with Crippen LogP contribution in [0.3, 0.4) is 0 Å². The normalized spacial score (nSPS) is 10.9. The molecule has 36 heavy (non-hydrogen) atoms. The van der Waals surface area contributed by atoms with E-state index in [0.717, 1.165) is 28.8 Å². The van der Waals surface area contributed by atoms with Crippen LogP contribution < -0.4 is 0 Å². The Kier molecular flexibility index (Phi) is 7.61. The lowest BCUT2D eigenvalue weighted by molar-refractivity contribution is -0.127. The second-order valence-corrected chi connectivity index (χ2v) is 8.36. The summed E-state index contributed by atoms with van der Waals surface area (Å²) in [6.07, 6.45) is 4.68. The highest BCUT2D eigenvalue weighted by molar-refractivity contribution is 5.91. The molecular weight excluding hydrogens is 460 g/mol. The number of halogens is 2. The zero-order valence-electron chi connectivity index (χ0n) is 19.6. The fraction of sp³-hybridized carbons (Fsp3) is 0.143. The number of nitrogens with zero attached hydrogens (tertiary/aromatic N) is 5. The van der Waals surface area contributed by atoms with Crippen LogP contribution in [-0.4, -0.2) is 25.6 Å². The number of nitriles is 1. The van der Waals surface area contributed by atoms with E-state index in [1.165, 1.54) is 17.0 Å². The number of aromatic nitrogens is 3. The molecule has 1 aromatic heterocycles. The second-order valence-electron chi connectivity index (χ2n) is 8.36. The Labute approximate surface area is 207 Å². The first-order valence-corrected chi connectivity index (χ1v) is 11.2. The molecular formula is C28H23F2N5O. The first-order chi connectivity index (χ1) is 17.4. The molecule has 3 aromatic carbocycles. The topological polar surface area (TPSA) is 74.8 Å². The molecule has 1 heterocycles. The van der Waals surface area contributed by atoms with E-state index in [0.29, 0.717) is 17.9 Å². The van der Waals surface area contributed by atoms with Crippen LogP contribution in [0.1, 0.15) is 33.6 Å². The predicted molar refractivity (Wildman–Crippen MR) is 131 cm³/mol. The quantitative estimate of drug-likeness (QED) is 0.330. The zero-order chi connectivity index (χ0) is 25.5. The SMILES string of the molecule is Cc1cccc(C=CC(=O)N(Cc2ccc(F)cc2F)Cc2nncn2Cc2ccc(C#N)cc2)c1. The molecule has 4 aromatic rings. The van der Waals surface area contributed by atoms with Crippen molar-refractivity contribution in [3.05, 3.63) is 124 Å². The Balaban J connectivity index is 1.58. The lowest BCUT2D eigenvalue weighted by Crippen LogP contribution is -2.30. The van der Waals surface area contributed by atoms with E-state index in [4.69, 9.17) is 5.26 Å². The summed E-state index contributed by atoms with van der Waals surface area (Å²) in [5.41, 5.74) is 3.59. The summed E-state index contributed by atoms with van der Waals surface area (Å²) in [4.78, 5) is 14.6. The summed E-state index contributed by atoms with van der Waals surface area (Å²) in [6, 6.07) is 20.2. The van der Waals surface area contributed by atoms with Crippen LogP contribution in [0.15, 0.2) is 79.1 Å². The number of carbonyl (C=O) groups is 1. The Morgan fingerprint density at radius 3 is 2.61 bits per heavy atom. The molecule has 0 atom stereocenters. The number of hydrogen-bond donors (Lipinski definition) is 0. The van der Waals surface area contributed by atoms with Crippen molar-refractivity contribution in [1.29, 1.82) is 5.26 Å². The third-order valence-corrected chi connectivity index (χ3v) is 5.61. The van der Waals surface area contributed by atoms with Crippen molar-refractivity contribution >= 4 is 12.0 Å². The van der Waals surface area contributed by atoms with Gasteiger partial charge in [0.15, 0.2) is 5.82 Å². The van der Waals surface area contributed by atoms with Gasteiger partial charge >= 0.3 is 0 Å². The molecule has 1 amide bonds. The fourth-order valence-corrected chi connectivity index (χ4v) is 3.70. The monoisotopic (exact) mass is 483 g/mol. The van der Waals surface area contributed by atoms with E-state index < -0.39 is 11.6 Å². The average Bonchev–Trinajstić information content (AvgIpc) is 3.30. The van der Waals surface area contributed by atoms with Gasteiger partial charge in [-0.1, -0.05) is 48.0 Å². The highest BCUT2D eigenvalue weighted by Crippen LogP contribution is 2.16. The third kappa shape index (κ3) is 6.27. The summed E-state index contributed by atoms with van der Waals surface area (Å²) in [7, 11) is 0. The molecule has 8 heteroatoms. The second kappa shape index (κ2) is 11.2. The third-order valence-electron chi connectivity index (χ3n) is 5.61. The van der Waals surface area contributed by atoms with E-state index in [-0.39, 0.29) is 24.6 Å². The number of amides is 1. The van der Waals surface area contributed by atoms with Gasteiger partial charge in [-0.2, -0.15) is 5.26 Å². The van der Waals surface area contributed by atoms with Crippen molar-refractivity contribution < 1.29 is 13.6 Å². The van der Waals surface area contributed by atoms with Gasteiger partial charge in [0.05, 0.1) is 24.7 Å². The first-order valence-electron chi connectivity index (χ1n) is 11.2. The Hall–Kier alpha value is -4.64. The highest BCUT2D eigenvalue weighted by atomic mass is 19.1. The van der Waals surface area contributed by atoms with Crippen LogP contribution in [-0.2, 0) is 24.4 Å². The van der Waals surface area contributed by atoms with E-state index in [9.17, 15) is 13.6 Å². The minimum atomic E-state index is -0.727. The van der Waals surface area contributed by atoms with Crippen molar-refractivity contribution in [3.63, 3.8) is 0 Å². The number of carbonyl (C=O) groups excluding carboxylic acids is 1. The van der Waals surface area contributed by atoms with Crippen molar-refractivity contribution in [2.24, 2.45) is 0 Å². The van der Waals surface area contributed by atoms with Gasteiger partial charge in [-0.05, 0) is 42.3 Å². The van der Waals surface area contributed by atoms with Crippen LogP contribution in [0.25, 0.3) is 6.08 Å². The molecule has 4 rings (SSSR count). The van der Waals surface area contributed by atoms with E-state index >= 15 is 0 Å². The largest absolute Gasteiger partial charge is 0.327 e. The molecule has 0 unspecified atom stereocenters. The summed E-state index contributed by atoms with van der Waals surface area (Å²) in [5.74, 6) is -1.27. The Morgan fingerprint density at radius 2 is 1.89 bits per heavy atom. The van der Waals surface area contributed by atoms with Crippen molar-refractivity contribution in [2.75, 3.05) is 0 Å². The molecule has 6 nitrogen and oxygen atoms in total. The molecule has 0 radical (unpaired) electrons. The molecule has 0 aliphatic carbocycles. The van der Waals surface area contributed by atoms with Gasteiger partial charge in [0.25, 0.3) is 0 Å². The summed E-state index contributed by atoms with van der Waals surface area (Å²) < 4.78 is 29.6. The molecule has 0 fully saturated rings. The fourth-order valence-electron chi connectivity index (χ4n) is 3.70. The van der Waals surface area contributed by atoms with Crippen molar-refractivity contribution in [1.82, 2.24) is 19.7 Å². The smallest absolute Gasteiger partial charge is 0.247 e. The van der Waals surface area contributed by atoms with Gasteiger partial charge in [0, 0.05) is 24.3 Å². The lowest BCUT2D eigenvalue weighted by Gasteiger charge is -2.22. The molecule has 0 N–H and O–H groups in total. The maximum Gasteiger partial charge on any atom is 0.247 e. The average molecular weight is 484 g/mol. The van der Waals surface area contributed by atoms with Crippen LogP contribution in [0, 0.1) is 29.9 Å². The van der Waals surface area contributed by atoms with Crippen molar-refractivity contribution in [3.8, 4) is 6.07 Å². The summed E-state index contributed by atoms with van der Waals surface area (Å²) >= 11 is 0. The molecule has 0 aliphatic rings. The van der Waals surface area contributed by atoms with Crippen LogP contribution in [0.2, 0.25) is 0 Å². The maximum absolute atomic E-state index is 14.4. The van der Waals surface area contributed by atoms with Crippen LogP contribution >= 0.6 is 0 Å². The summed E-state index contributed by atoms with van der Waals surface area (Å²) in [5, 5.41) is 17.2. The number of hydrogen-bond acceptors (Lipinski definition) is 4. The molecule has 0 saturated carbocycles. The highest BCUT2D eigenvalue weighted by Gasteiger charge is 2.18. The first kappa shape index (κ1) is 24.5. The van der Waals surface area contributed by atoms with Crippen molar-refractivity contribution in [2.45, 2.75) is 26.6 Å². The predicted octanol–water partition coefficient (Wildman–Crippen LogP) is 5.03. The Morgan fingerprint density at radius 1 is 1.08 bits per heavy atom. The molecule has 0 spiro atoms. The van der Waals surface area contributed by atoms with Crippen LogP contribution in [0.4, 0.5) is 8.78 Å². The minimum absolute atomic E-state index is 0.0596. The molecule has 180 valence electrons. The molecule has 0 aliphatic heterocycles. The van der Waals surface area contributed by atoms with E-state index in [1.807, 2.05) is 43.3 Å². The van der Waals surface area contributed by atoms with E-state index in [2.05, 4.69) is 16.3 Å². The Bertz CT molecular complexity index is 1440. The van der Waals surface area contributed by atoms with Crippen LogP contribution in [0.5, 0.6) is 0 Å². The minimum Gasteiger partial charge on any atom is -0.327 e. The maximum atomic E-state index is 14.4. The number of benzene rings is 3. The molecule has 0 saturated heterocycles. The standard InChI is InChI=1S/C28H23F2N5O/c1-20-3-2-4-21(13-20)9-12-28(36)34(17-24-10-11-25(29)14-26(24)30)18-27-33-32-19-35(27)16-23-7-5-22(15-31)6-8-23/h2-14,19H,16-18H2,1H3. The van der Waals surface area contributed by atoms with Gasteiger partial charge in [-0.3, -0.25) is 4.79 Å². The zero-order valence-corrected chi connectivity index (χ0v) is 19.6. The summed E-state index contributed by atoms with van der Waals surface area (Å²) in [6.45, 7) is 2.38. The van der Waals surface area contributed by atoms with Gasteiger partial charge in [0.2, 0.25) is 5.91 Å². The number of rotatable bonds is 8. The van der Waals surface area contributed by atoms with Gasteiger partial charge in [0.1, 0.15) is 18.0 Å². The van der Waals surface area contributed by atoms with Gasteiger partial charge in [-0.25, -0.2) is 8.78 Å². The number of aryl methyl sites for hydroxylation is 1. The molecule has 0 bridgehead atoms. The lowest BCUT2D eigenvalue weighted by atomic mass is 10.1. The van der Waals surface area contributed by atoms with Gasteiger partial charge < -0.3 is 9.47 Å². The van der Waals surface area contributed by atoms with Gasteiger partial charge in [-0.15, -0.1) is 10.2 Å². The van der Waals surface area contributed by atoms with E-state index in [1.54, 1.807) is 29.1 Å².